The van der Waals surface area contributed by atoms with E-state index in [1.165, 1.54) is 0 Å². The minimum atomic E-state index is -0.0747. The van der Waals surface area contributed by atoms with Crippen molar-refractivity contribution < 1.29 is 14.3 Å². The van der Waals surface area contributed by atoms with Gasteiger partial charge in [-0.2, -0.15) is 5.10 Å². The summed E-state index contributed by atoms with van der Waals surface area (Å²) in [5.41, 5.74) is 1.85. The van der Waals surface area contributed by atoms with Gasteiger partial charge in [0.1, 0.15) is 0 Å². The Morgan fingerprint density at radius 2 is 2.12 bits per heavy atom. The zero-order valence-electron chi connectivity index (χ0n) is 15.9. The Morgan fingerprint density at radius 1 is 1.31 bits per heavy atom. The van der Waals surface area contributed by atoms with E-state index in [2.05, 4.69) is 10.4 Å². The molecule has 1 fully saturated rings. The van der Waals surface area contributed by atoms with Crippen LogP contribution in [-0.4, -0.2) is 64.4 Å². The van der Waals surface area contributed by atoms with Gasteiger partial charge in [0.25, 0.3) is 0 Å². The van der Waals surface area contributed by atoms with Crippen molar-refractivity contribution >= 4 is 11.9 Å². The fraction of sp³-hybridized carbons (Fsp3) is 0.722. The number of amides is 3. The second kappa shape index (κ2) is 8.07. The molecule has 0 aliphatic carbocycles. The highest BCUT2D eigenvalue weighted by Gasteiger charge is 2.25. The lowest BCUT2D eigenvalue weighted by Gasteiger charge is -2.31. The average molecular weight is 363 g/mol. The third-order valence-electron chi connectivity index (χ3n) is 5.07. The summed E-state index contributed by atoms with van der Waals surface area (Å²) in [7, 11) is 1.69. The molecule has 0 spiro atoms. The van der Waals surface area contributed by atoms with Crippen LogP contribution >= 0.6 is 0 Å². The number of aromatic nitrogens is 2. The highest BCUT2D eigenvalue weighted by molar-refractivity contribution is 5.78. The molecule has 2 aliphatic rings. The molecular formula is C18H29N5O3. The zero-order chi connectivity index (χ0) is 18.7. The van der Waals surface area contributed by atoms with E-state index in [4.69, 9.17) is 4.74 Å². The molecule has 3 heterocycles. The summed E-state index contributed by atoms with van der Waals surface area (Å²) >= 11 is 0. The minimum Gasteiger partial charge on any atom is -0.380 e. The van der Waals surface area contributed by atoms with Crippen molar-refractivity contribution in [3.63, 3.8) is 0 Å². The number of methoxy groups -OCH3 is 1. The first-order valence-electron chi connectivity index (χ1n) is 9.38. The van der Waals surface area contributed by atoms with Crippen LogP contribution in [0, 0.1) is 5.92 Å². The molecule has 1 aromatic heterocycles. The summed E-state index contributed by atoms with van der Waals surface area (Å²) < 4.78 is 7.30. The Balaban J connectivity index is 1.54. The van der Waals surface area contributed by atoms with Crippen molar-refractivity contribution in [3.8, 4) is 0 Å². The Morgan fingerprint density at radius 3 is 2.85 bits per heavy atom. The van der Waals surface area contributed by atoms with Crippen molar-refractivity contribution in [2.75, 3.05) is 26.7 Å². The average Bonchev–Trinajstić information content (AvgIpc) is 3.07. The van der Waals surface area contributed by atoms with E-state index in [0.29, 0.717) is 32.7 Å². The summed E-state index contributed by atoms with van der Waals surface area (Å²) in [6.07, 6.45) is 2.09. The molecule has 3 amide bonds. The van der Waals surface area contributed by atoms with Crippen LogP contribution in [-0.2, 0) is 29.2 Å². The molecule has 0 unspecified atom stereocenters. The number of hydrogen-bond donors (Lipinski definition) is 1. The third-order valence-corrected chi connectivity index (χ3v) is 5.07. The molecule has 3 rings (SSSR count). The highest BCUT2D eigenvalue weighted by atomic mass is 16.5. The monoisotopic (exact) mass is 363 g/mol. The lowest BCUT2D eigenvalue weighted by molar-refractivity contribution is -0.136. The van der Waals surface area contributed by atoms with Crippen LogP contribution in [0.15, 0.2) is 6.07 Å². The minimum absolute atomic E-state index is 0.00343. The summed E-state index contributed by atoms with van der Waals surface area (Å²) in [4.78, 5) is 28.2. The predicted molar refractivity (Wildman–Crippen MR) is 96.3 cm³/mol. The SMILES string of the molecule is CO[C@H]1CCCN(C(=O)NCc2cc3n(n2)CCN(C(=O)C(C)C)C3)C1. The second-order valence-electron chi connectivity index (χ2n) is 7.37. The van der Waals surface area contributed by atoms with Crippen molar-refractivity contribution in [1.82, 2.24) is 24.9 Å². The fourth-order valence-corrected chi connectivity index (χ4v) is 3.56. The van der Waals surface area contributed by atoms with Crippen molar-refractivity contribution in [3.05, 3.63) is 17.5 Å². The number of carbonyl (C=O) groups is 2. The molecule has 8 nitrogen and oxygen atoms in total. The number of likely N-dealkylation sites (tertiary alicyclic amines) is 1. The van der Waals surface area contributed by atoms with Gasteiger partial charge in [-0.3, -0.25) is 9.48 Å². The number of rotatable bonds is 4. The lowest BCUT2D eigenvalue weighted by atomic mass is 10.1. The van der Waals surface area contributed by atoms with Crippen LogP contribution in [0.3, 0.4) is 0 Å². The van der Waals surface area contributed by atoms with Crippen LogP contribution < -0.4 is 5.32 Å². The number of fused-ring (bicyclic) bond motifs is 1. The van der Waals surface area contributed by atoms with Gasteiger partial charge in [-0.1, -0.05) is 13.8 Å². The smallest absolute Gasteiger partial charge is 0.317 e. The normalized spacial score (nSPS) is 20.2. The molecule has 144 valence electrons. The topological polar surface area (TPSA) is 79.7 Å². The Hall–Kier alpha value is -2.09. The molecule has 1 aromatic rings. The van der Waals surface area contributed by atoms with Gasteiger partial charge in [0.15, 0.2) is 0 Å². The molecule has 1 saturated heterocycles. The highest BCUT2D eigenvalue weighted by Crippen LogP contribution is 2.16. The van der Waals surface area contributed by atoms with E-state index in [1.54, 1.807) is 12.0 Å². The number of nitrogens with zero attached hydrogens (tertiary/aromatic N) is 4. The largest absolute Gasteiger partial charge is 0.380 e. The maximum atomic E-state index is 12.4. The Bertz CT molecular complexity index is 657. The summed E-state index contributed by atoms with van der Waals surface area (Å²) in [5.74, 6) is 0.175. The van der Waals surface area contributed by atoms with Crippen LogP contribution in [0.1, 0.15) is 38.1 Å². The van der Waals surface area contributed by atoms with Crippen LogP contribution in [0.4, 0.5) is 4.79 Å². The first-order valence-corrected chi connectivity index (χ1v) is 9.38. The van der Waals surface area contributed by atoms with Gasteiger partial charge in [0.2, 0.25) is 5.91 Å². The van der Waals surface area contributed by atoms with Gasteiger partial charge in [0, 0.05) is 32.7 Å². The predicted octanol–water partition coefficient (Wildman–Crippen LogP) is 1.20. The number of nitrogens with one attached hydrogen (secondary N) is 1. The van der Waals surface area contributed by atoms with Gasteiger partial charge < -0.3 is 19.9 Å². The summed E-state index contributed by atoms with van der Waals surface area (Å²) in [6, 6.07) is 1.91. The first kappa shape index (κ1) is 18.7. The van der Waals surface area contributed by atoms with Crippen molar-refractivity contribution in [2.45, 2.75) is 52.4 Å². The van der Waals surface area contributed by atoms with E-state index in [1.807, 2.05) is 29.5 Å². The quantitative estimate of drug-likeness (QED) is 0.872. The third kappa shape index (κ3) is 4.17. The van der Waals surface area contributed by atoms with Gasteiger partial charge in [-0.25, -0.2) is 4.79 Å². The molecule has 1 atom stereocenters. The van der Waals surface area contributed by atoms with Gasteiger partial charge in [-0.05, 0) is 18.9 Å². The molecule has 26 heavy (non-hydrogen) atoms. The van der Waals surface area contributed by atoms with E-state index in [-0.39, 0.29) is 24.0 Å². The molecule has 0 aromatic carbocycles. The number of piperidine rings is 1. The zero-order valence-corrected chi connectivity index (χ0v) is 15.9. The van der Waals surface area contributed by atoms with E-state index < -0.39 is 0 Å². The molecule has 8 heteroatoms. The maximum Gasteiger partial charge on any atom is 0.317 e. The molecular weight excluding hydrogens is 334 g/mol. The van der Waals surface area contributed by atoms with Gasteiger partial charge >= 0.3 is 6.03 Å². The van der Waals surface area contributed by atoms with Gasteiger partial charge in [0.05, 0.1) is 37.1 Å². The number of urea groups is 1. The first-order chi connectivity index (χ1) is 12.5. The van der Waals surface area contributed by atoms with Crippen LogP contribution in [0.25, 0.3) is 0 Å². The summed E-state index contributed by atoms with van der Waals surface area (Å²) in [6.45, 7) is 7.59. The molecule has 0 radical (unpaired) electrons. The lowest BCUT2D eigenvalue weighted by Crippen LogP contribution is -2.47. The van der Waals surface area contributed by atoms with Crippen LogP contribution in [0.5, 0.6) is 0 Å². The van der Waals surface area contributed by atoms with E-state index >= 15 is 0 Å². The molecule has 2 aliphatic heterocycles. The van der Waals surface area contributed by atoms with Crippen molar-refractivity contribution in [1.29, 1.82) is 0 Å². The number of ether oxygens (including phenoxy) is 1. The number of carbonyl (C=O) groups excluding carboxylic acids is 2. The van der Waals surface area contributed by atoms with Gasteiger partial charge in [-0.15, -0.1) is 0 Å². The van der Waals surface area contributed by atoms with Crippen LogP contribution in [0.2, 0.25) is 0 Å². The molecule has 1 N–H and O–H groups in total. The standard InChI is InChI=1S/C18H29N5O3/c1-13(2)17(24)21-7-8-23-15(11-21)9-14(20-23)10-19-18(25)22-6-4-5-16(12-22)26-3/h9,13,16H,4-8,10-12H2,1-3H3,(H,19,25)/t16-/m0/s1. The fourth-order valence-electron chi connectivity index (χ4n) is 3.56. The Labute approximate surface area is 154 Å². The number of hydrogen-bond acceptors (Lipinski definition) is 4. The molecule has 0 bridgehead atoms. The van der Waals surface area contributed by atoms with Crippen molar-refractivity contribution in [2.24, 2.45) is 5.92 Å². The Kier molecular flexibility index (Phi) is 5.80. The second-order valence-corrected chi connectivity index (χ2v) is 7.37. The van der Waals surface area contributed by atoms with E-state index in [0.717, 1.165) is 30.8 Å². The summed E-state index contributed by atoms with van der Waals surface area (Å²) in [5, 5.41) is 7.51. The maximum absolute atomic E-state index is 12.4. The van der Waals surface area contributed by atoms with E-state index in [9.17, 15) is 9.59 Å². The molecule has 0 saturated carbocycles.